The van der Waals surface area contributed by atoms with E-state index in [9.17, 15) is 0 Å². The molecule has 0 aliphatic rings. The van der Waals surface area contributed by atoms with Gasteiger partial charge in [-0.3, -0.25) is 0 Å². The molecule has 0 radical (unpaired) electrons. The fourth-order valence-electron chi connectivity index (χ4n) is 2.05. The summed E-state index contributed by atoms with van der Waals surface area (Å²) in [6, 6.07) is 9.01. The normalized spacial score (nSPS) is 9.71. The maximum absolute atomic E-state index is 5.34. The second-order valence-electron chi connectivity index (χ2n) is 5.41. The van der Waals surface area contributed by atoms with Crippen LogP contribution in [0.5, 0.6) is 0 Å². The number of aryl methyl sites for hydroxylation is 2. The molecule has 1 aromatic carbocycles. The van der Waals surface area contributed by atoms with Gasteiger partial charge in [-0.25, -0.2) is 0 Å². The molecule has 0 aromatic heterocycles. The van der Waals surface area contributed by atoms with Gasteiger partial charge in [0, 0.05) is 6.42 Å². The second-order valence-corrected chi connectivity index (χ2v) is 5.41. The van der Waals surface area contributed by atoms with Gasteiger partial charge in [0.15, 0.2) is 0 Å². The van der Waals surface area contributed by atoms with Crippen LogP contribution in [-0.4, -0.2) is 6.61 Å². The fourth-order valence-corrected chi connectivity index (χ4v) is 2.05. The first-order valence-corrected chi connectivity index (χ1v) is 8.56. The molecule has 1 heteroatoms. The molecule has 0 heterocycles. The molecule has 0 aliphatic heterocycles. The van der Waals surface area contributed by atoms with Gasteiger partial charge >= 0.3 is 0 Å². The van der Waals surface area contributed by atoms with Crippen LogP contribution in [0, 0.1) is 0 Å². The van der Waals surface area contributed by atoms with E-state index < -0.39 is 0 Å². The lowest BCUT2D eigenvalue weighted by Crippen LogP contribution is -1.91. The number of hydrogen-bond acceptors (Lipinski definition) is 1. The lowest BCUT2D eigenvalue weighted by atomic mass is 10.0. The Hall–Kier alpha value is -1.24. The van der Waals surface area contributed by atoms with E-state index >= 15 is 0 Å². The summed E-state index contributed by atoms with van der Waals surface area (Å²) in [5.74, 6) is 0.935. The fraction of sp³-hybridized carbons (Fsp3) is 0.600. The summed E-state index contributed by atoms with van der Waals surface area (Å²) in [6.45, 7) is 13.1. The number of unbranched alkanes of at least 4 members (excludes halogenated alkanes) is 2. The van der Waals surface area contributed by atoms with Crippen molar-refractivity contribution in [1.82, 2.24) is 0 Å². The molecule has 0 aliphatic carbocycles. The lowest BCUT2D eigenvalue weighted by Gasteiger charge is -2.06. The minimum Gasteiger partial charge on any atom is -0.499 e. The summed E-state index contributed by atoms with van der Waals surface area (Å²) < 4.78 is 5.34. The first kappa shape index (κ1) is 19.8. The Kier molecular flexibility index (Phi) is 12.9. The van der Waals surface area contributed by atoms with E-state index in [1.54, 1.807) is 0 Å². The van der Waals surface area contributed by atoms with Crippen molar-refractivity contribution in [2.45, 2.75) is 72.6 Å². The SMILES string of the molecule is C=C(CCCCCc1ccc(CC)cc1)OCC.CCC. The van der Waals surface area contributed by atoms with Crippen molar-refractivity contribution in [2.75, 3.05) is 6.61 Å². The van der Waals surface area contributed by atoms with Crippen molar-refractivity contribution in [3.05, 3.63) is 47.7 Å². The van der Waals surface area contributed by atoms with Gasteiger partial charge in [-0.2, -0.15) is 0 Å². The molecule has 21 heavy (non-hydrogen) atoms. The maximum atomic E-state index is 5.34. The van der Waals surface area contributed by atoms with Crippen LogP contribution in [0.4, 0.5) is 0 Å². The zero-order valence-electron chi connectivity index (χ0n) is 14.6. The van der Waals surface area contributed by atoms with E-state index in [0.29, 0.717) is 0 Å². The quantitative estimate of drug-likeness (QED) is 0.382. The highest BCUT2D eigenvalue weighted by atomic mass is 16.5. The van der Waals surface area contributed by atoms with E-state index in [-0.39, 0.29) is 0 Å². The Labute approximate surface area is 132 Å². The Balaban J connectivity index is 0.00000122. The van der Waals surface area contributed by atoms with Gasteiger partial charge in [-0.05, 0) is 43.7 Å². The van der Waals surface area contributed by atoms with Crippen molar-refractivity contribution < 1.29 is 4.74 Å². The molecule has 0 atom stereocenters. The molecule has 0 N–H and O–H groups in total. The van der Waals surface area contributed by atoms with Crippen LogP contribution in [-0.2, 0) is 17.6 Å². The minimum atomic E-state index is 0.739. The Morgan fingerprint density at radius 3 is 2.00 bits per heavy atom. The summed E-state index contributed by atoms with van der Waals surface area (Å²) in [7, 11) is 0. The largest absolute Gasteiger partial charge is 0.499 e. The third-order valence-electron chi connectivity index (χ3n) is 3.20. The van der Waals surface area contributed by atoms with Crippen molar-refractivity contribution >= 4 is 0 Å². The van der Waals surface area contributed by atoms with E-state index in [4.69, 9.17) is 4.74 Å². The molecule has 1 aromatic rings. The molecule has 1 nitrogen and oxygen atoms in total. The maximum Gasteiger partial charge on any atom is 0.0888 e. The number of allylic oxidation sites excluding steroid dienone is 1. The number of benzene rings is 1. The van der Waals surface area contributed by atoms with Crippen molar-refractivity contribution in [3.8, 4) is 0 Å². The minimum absolute atomic E-state index is 0.739. The zero-order chi connectivity index (χ0) is 15.9. The van der Waals surface area contributed by atoms with Crippen molar-refractivity contribution in [3.63, 3.8) is 0 Å². The molecular formula is C20H34O. The Morgan fingerprint density at radius 2 is 1.48 bits per heavy atom. The molecule has 0 spiro atoms. The molecular weight excluding hydrogens is 256 g/mol. The van der Waals surface area contributed by atoms with Gasteiger partial charge < -0.3 is 4.74 Å². The predicted octanol–water partition coefficient (Wildman–Crippen LogP) is 6.32. The highest BCUT2D eigenvalue weighted by Crippen LogP contribution is 2.12. The standard InChI is InChI=1S/C17H26O.C3H8/c1-4-16-11-13-17(14-12-16)10-8-6-7-9-15(3)18-5-2;1-3-2/h11-14H,3-10H2,1-2H3;3H2,1-2H3. The second kappa shape index (κ2) is 13.7. The van der Waals surface area contributed by atoms with E-state index in [1.807, 2.05) is 6.92 Å². The zero-order valence-corrected chi connectivity index (χ0v) is 14.6. The smallest absolute Gasteiger partial charge is 0.0888 e. The highest BCUT2D eigenvalue weighted by molar-refractivity contribution is 5.22. The predicted molar refractivity (Wildman–Crippen MR) is 94.7 cm³/mol. The average molecular weight is 290 g/mol. The summed E-state index contributed by atoms with van der Waals surface area (Å²) >= 11 is 0. The third kappa shape index (κ3) is 11.1. The van der Waals surface area contributed by atoms with Crippen LogP contribution in [0.15, 0.2) is 36.6 Å². The van der Waals surface area contributed by atoms with Crippen LogP contribution >= 0.6 is 0 Å². The van der Waals surface area contributed by atoms with Crippen LogP contribution in [0.3, 0.4) is 0 Å². The van der Waals surface area contributed by atoms with Crippen molar-refractivity contribution in [2.24, 2.45) is 0 Å². The summed E-state index contributed by atoms with van der Waals surface area (Å²) in [5.41, 5.74) is 2.88. The van der Waals surface area contributed by atoms with Gasteiger partial charge in [-0.15, -0.1) is 0 Å². The van der Waals surface area contributed by atoms with Gasteiger partial charge in [0.1, 0.15) is 0 Å². The van der Waals surface area contributed by atoms with Gasteiger partial charge in [0.25, 0.3) is 0 Å². The molecule has 0 saturated carbocycles. The molecule has 0 unspecified atom stereocenters. The summed E-state index contributed by atoms with van der Waals surface area (Å²) in [6.07, 6.45) is 8.26. The summed E-state index contributed by atoms with van der Waals surface area (Å²) in [4.78, 5) is 0. The topological polar surface area (TPSA) is 9.23 Å². The summed E-state index contributed by atoms with van der Waals surface area (Å²) in [5, 5.41) is 0. The van der Waals surface area contributed by atoms with Crippen LogP contribution in [0.2, 0.25) is 0 Å². The van der Waals surface area contributed by atoms with Crippen LogP contribution in [0.25, 0.3) is 0 Å². The van der Waals surface area contributed by atoms with Crippen LogP contribution < -0.4 is 0 Å². The Morgan fingerprint density at radius 1 is 0.905 bits per heavy atom. The van der Waals surface area contributed by atoms with Gasteiger partial charge in [0.2, 0.25) is 0 Å². The third-order valence-corrected chi connectivity index (χ3v) is 3.20. The lowest BCUT2D eigenvalue weighted by molar-refractivity contribution is 0.218. The number of rotatable bonds is 9. The first-order valence-electron chi connectivity index (χ1n) is 8.56. The Bertz CT molecular complexity index is 351. The van der Waals surface area contributed by atoms with Gasteiger partial charge in [0.05, 0.1) is 12.4 Å². The molecule has 0 fully saturated rings. The average Bonchev–Trinajstić information content (AvgIpc) is 2.48. The highest BCUT2D eigenvalue weighted by Gasteiger charge is 1.97. The first-order chi connectivity index (χ1) is 10.2. The molecule has 120 valence electrons. The monoisotopic (exact) mass is 290 g/mol. The molecule has 0 bridgehead atoms. The molecule has 0 saturated heterocycles. The molecule has 0 amide bonds. The van der Waals surface area contributed by atoms with Crippen molar-refractivity contribution in [1.29, 1.82) is 0 Å². The molecule has 1 rings (SSSR count). The van der Waals surface area contributed by atoms with Gasteiger partial charge in [-0.1, -0.05) is 64.5 Å². The van der Waals surface area contributed by atoms with E-state index in [0.717, 1.165) is 25.2 Å². The van der Waals surface area contributed by atoms with Crippen LogP contribution in [0.1, 0.15) is 70.9 Å². The number of ether oxygens (including phenoxy) is 1. The number of hydrogen-bond donors (Lipinski definition) is 0. The van der Waals surface area contributed by atoms with E-state index in [1.165, 1.54) is 43.2 Å². The van der Waals surface area contributed by atoms with E-state index in [2.05, 4.69) is 51.6 Å².